The monoisotopic (exact) mass is 319 g/mol. The second-order valence-corrected chi connectivity index (χ2v) is 6.28. The molecule has 0 N–H and O–H groups in total. The average Bonchev–Trinajstić information content (AvgIpc) is 2.95. The van der Waals surface area contributed by atoms with Gasteiger partial charge in [-0.25, -0.2) is 0 Å². The fraction of sp³-hybridized carbons (Fsp3) is 0.579. The molecular weight excluding hydrogens is 290 g/mol. The van der Waals surface area contributed by atoms with E-state index in [1.54, 1.807) is 26.9 Å². The zero-order valence-electron chi connectivity index (χ0n) is 15.0. The Bertz CT molecular complexity index is 519. The Kier molecular flexibility index (Phi) is 6.34. The van der Waals surface area contributed by atoms with Gasteiger partial charge in [-0.1, -0.05) is 17.7 Å². The highest BCUT2D eigenvalue weighted by Crippen LogP contribution is 2.36. The van der Waals surface area contributed by atoms with Crippen LogP contribution in [0.4, 0.5) is 0 Å². The number of likely N-dealkylation sites (tertiary alicyclic amines) is 1. The zero-order valence-corrected chi connectivity index (χ0v) is 15.0. The molecule has 4 nitrogen and oxygen atoms in total. The highest BCUT2D eigenvalue weighted by molar-refractivity contribution is 5.50. The first-order valence-corrected chi connectivity index (χ1v) is 8.21. The molecule has 2 atom stereocenters. The average molecular weight is 319 g/mol. The summed E-state index contributed by atoms with van der Waals surface area (Å²) in [5.74, 6) is 2.96. The van der Waals surface area contributed by atoms with E-state index in [1.165, 1.54) is 25.8 Å². The van der Waals surface area contributed by atoms with E-state index in [9.17, 15) is 0 Å². The van der Waals surface area contributed by atoms with E-state index in [0.29, 0.717) is 17.2 Å². The second kappa shape index (κ2) is 8.25. The lowest BCUT2D eigenvalue weighted by Crippen LogP contribution is -2.31. The molecule has 0 amide bonds. The largest absolute Gasteiger partial charge is 0.493 e. The number of benzene rings is 1. The number of allylic oxidation sites excluding steroid dienone is 1. The lowest BCUT2D eigenvalue weighted by atomic mass is 9.86. The van der Waals surface area contributed by atoms with Gasteiger partial charge in [-0.2, -0.15) is 0 Å². The standard InChI is InChI=1S/C10H17N.C9H12O3/c1-8-3-4-9-5-6-11(2)10(9)7-8;1-10-7-5-4-6-8(11-2)9(7)12-3/h3,9-10H,4-7H2,1-2H3;4-6H,1-3H3. The Labute approximate surface area is 140 Å². The number of fused-ring (bicyclic) bond motifs is 1. The van der Waals surface area contributed by atoms with Crippen molar-refractivity contribution >= 4 is 0 Å². The summed E-state index contributed by atoms with van der Waals surface area (Å²) < 4.78 is 15.3. The van der Waals surface area contributed by atoms with Gasteiger partial charge >= 0.3 is 0 Å². The van der Waals surface area contributed by atoms with E-state index in [1.807, 2.05) is 18.2 Å². The molecule has 2 aliphatic rings. The first-order valence-electron chi connectivity index (χ1n) is 8.21. The first kappa shape index (κ1) is 17.7. The molecule has 1 fully saturated rings. The maximum Gasteiger partial charge on any atom is 0.203 e. The number of methoxy groups -OCH3 is 3. The highest BCUT2D eigenvalue weighted by atomic mass is 16.5. The molecule has 1 aliphatic heterocycles. The van der Waals surface area contributed by atoms with E-state index >= 15 is 0 Å². The molecule has 0 bridgehead atoms. The van der Waals surface area contributed by atoms with Crippen LogP contribution in [0.15, 0.2) is 29.8 Å². The van der Waals surface area contributed by atoms with Gasteiger partial charge in [-0.15, -0.1) is 0 Å². The van der Waals surface area contributed by atoms with Crippen molar-refractivity contribution in [2.24, 2.45) is 5.92 Å². The minimum absolute atomic E-state index is 0.627. The molecule has 0 radical (unpaired) electrons. The van der Waals surface area contributed by atoms with Crippen molar-refractivity contribution in [1.82, 2.24) is 4.90 Å². The summed E-state index contributed by atoms with van der Waals surface area (Å²) >= 11 is 0. The summed E-state index contributed by atoms with van der Waals surface area (Å²) in [6.07, 6.45) is 6.51. The maximum atomic E-state index is 5.11. The van der Waals surface area contributed by atoms with Crippen LogP contribution in [0.3, 0.4) is 0 Å². The van der Waals surface area contributed by atoms with Gasteiger partial charge in [0.2, 0.25) is 5.75 Å². The summed E-state index contributed by atoms with van der Waals surface area (Å²) in [7, 11) is 7.04. The van der Waals surface area contributed by atoms with Gasteiger partial charge in [-0.05, 0) is 57.8 Å². The van der Waals surface area contributed by atoms with Gasteiger partial charge in [0.25, 0.3) is 0 Å². The Morgan fingerprint density at radius 1 is 1.04 bits per heavy atom. The number of hydrogen-bond acceptors (Lipinski definition) is 4. The highest BCUT2D eigenvalue weighted by Gasteiger charge is 2.32. The van der Waals surface area contributed by atoms with E-state index in [4.69, 9.17) is 14.2 Å². The molecule has 1 aliphatic carbocycles. The van der Waals surface area contributed by atoms with Crippen molar-refractivity contribution < 1.29 is 14.2 Å². The number of nitrogens with zero attached hydrogens (tertiary/aromatic N) is 1. The minimum Gasteiger partial charge on any atom is -0.493 e. The van der Waals surface area contributed by atoms with Crippen molar-refractivity contribution in [3.63, 3.8) is 0 Å². The lowest BCUT2D eigenvalue weighted by Gasteiger charge is -2.28. The third-order valence-corrected chi connectivity index (χ3v) is 4.85. The van der Waals surface area contributed by atoms with E-state index < -0.39 is 0 Å². The Balaban J connectivity index is 0.000000167. The Hall–Kier alpha value is -1.68. The van der Waals surface area contributed by atoms with Crippen LogP contribution in [-0.4, -0.2) is 45.9 Å². The van der Waals surface area contributed by atoms with Gasteiger partial charge in [0.15, 0.2) is 11.5 Å². The summed E-state index contributed by atoms with van der Waals surface area (Å²) in [6.45, 7) is 3.58. The molecule has 128 valence electrons. The maximum absolute atomic E-state index is 5.11. The smallest absolute Gasteiger partial charge is 0.203 e. The van der Waals surface area contributed by atoms with Crippen LogP contribution in [-0.2, 0) is 0 Å². The van der Waals surface area contributed by atoms with Crippen molar-refractivity contribution in [1.29, 1.82) is 0 Å². The van der Waals surface area contributed by atoms with Crippen LogP contribution in [0.2, 0.25) is 0 Å². The number of hydrogen-bond donors (Lipinski definition) is 0. The molecule has 1 aromatic carbocycles. The van der Waals surface area contributed by atoms with E-state index in [2.05, 4.69) is 24.9 Å². The summed E-state index contributed by atoms with van der Waals surface area (Å²) in [5, 5.41) is 0. The number of para-hydroxylation sites is 1. The topological polar surface area (TPSA) is 30.9 Å². The quantitative estimate of drug-likeness (QED) is 0.794. The van der Waals surface area contributed by atoms with E-state index in [-0.39, 0.29) is 0 Å². The van der Waals surface area contributed by atoms with Crippen molar-refractivity contribution in [3.8, 4) is 17.2 Å². The van der Waals surface area contributed by atoms with Gasteiger partial charge in [0.05, 0.1) is 21.3 Å². The van der Waals surface area contributed by atoms with Crippen LogP contribution in [0.5, 0.6) is 17.2 Å². The summed E-state index contributed by atoms with van der Waals surface area (Å²) in [5.41, 5.74) is 1.60. The molecule has 1 saturated heterocycles. The van der Waals surface area contributed by atoms with Crippen molar-refractivity contribution in [2.45, 2.75) is 32.2 Å². The fourth-order valence-electron chi connectivity index (χ4n) is 3.47. The third-order valence-electron chi connectivity index (χ3n) is 4.85. The molecule has 2 unspecified atom stereocenters. The first-order chi connectivity index (χ1) is 11.1. The van der Waals surface area contributed by atoms with Crippen molar-refractivity contribution in [2.75, 3.05) is 34.9 Å². The predicted octanol–water partition coefficient (Wildman–Crippen LogP) is 3.76. The normalized spacial score (nSPS) is 23.3. The molecule has 1 aromatic rings. The van der Waals surface area contributed by atoms with Crippen LogP contribution in [0, 0.1) is 5.92 Å². The molecule has 4 heteroatoms. The van der Waals surface area contributed by atoms with Gasteiger partial charge in [-0.3, -0.25) is 0 Å². The van der Waals surface area contributed by atoms with Crippen LogP contribution >= 0.6 is 0 Å². The van der Waals surface area contributed by atoms with Crippen LogP contribution < -0.4 is 14.2 Å². The van der Waals surface area contributed by atoms with Crippen LogP contribution in [0.25, 0.3) is 0 Å². The molecule has 23 heavy (non-hydrogen) atoms. The third kappa shape index (κ3) is 4.20. The molecular formula is C19H29NO3. The minimum atomic E-state index is 0.627. The molecule has 3 rings (SSSR count). The van der Waals surface area contributed by atoms with Crippen molar-refractivity contribution in [3.05, 3.63) is 29.8 Å². The molecule has 0 aromatic heterocycles. The predicted molar refractivity (Wildman–Crippen MR) is 93.6 cm³/mol. The van der Waals surface area contributed by atoms with Crippen LogP contribution in [0.1, 0.15) is 26.2 Å². The molecule has 0 spiro atoms. The Morgan fingerprint density at radius 2 is 1.70 bits per heavy atom. The molecule has 0 saturated carbocycles. The summed E-state index contributed by atoms with van der Waals surface area (Å²) in [6, 6.07) is 6.36. The lowest BCUT2D eigenvalue weighted by molar-refractivity contribution is 0.262. The number of rotatable bonds is 3. The second-order valence-electron chi connectivity index (χ2n) is 6.28. The fourth-order valence-corrected chi connectivity index (χ4v) is 3.47. The Morgan fingerprint density at radius 3 is 2.26 bits per heavy atom. The summed E-state index contributed by atoms with van der Waals surface area (Å²) in [4.78, 5) is 2.53. The zero-order chi connectivity index (χ0) is 16.8. The number of ether oxygens (including phenoxy) is 3. The van der Waals surface area contributed by atoms with Gasteiger partial charge in [0.1, 0.15) is 0 Å². The van der Waals surface area contributed by atoms with Gasteiger partial charge < -0.3 is 19.1 Å². The SMILES string of the molecule is CC1=CCC2CCN(C)C2C1.COc1cccc(OC)c1OC. The van der Waals surface area contributed by atoms with E-state index in [0.717, 1.165) is 12.0 Å². The van der Waals surface area contributed by atoms with Gasteiger partial charge in [0, 0.05) is 6.04 Å². The molecule has 1 heterocycles.